The lowest BCUT2D eigenvalue weighted by Crippen LogP contribution is -2.05. The van der Waals surface area contributed by atoms with E-state index in [1.807, 2.05) is 85.3 Å². The highest BCUT2D eigenvalue weighted by Gasteiger charge is 2.17. The van der Waals surface area contributed by atoms with Crippen molar-refractivity contribution in [3.05, 3.63) is 219 Å². The molecule has 12 aromatic rings. The molecule has 6 heterocycles. The molecule has 0 bridgehead atoms. The summed E-state index contributed by atoms with van der Waals surface area (Å²) in [5, 5.41) is 5.89. The molecule has 8 N–H and O–H groups in total. The first-order valence-corrected chi connectivity index (χ1v) is 39.6. The minimum absolute atomic E-state index is 0. The molecule has 0 aliphatic carbocycles. The molecule has 0 unspecified atom stereocenters. The number of pyridine rings is 6. The Labute approximate surface area is 582 Å². The van der Waals surface area contributed by atoms with Crippen LogP contribution in [0.2, 0.25) is 19.6 Å². The van der Waals surface area contributed by atoms with Crippen LogP contribution in [0.15, 0.2) is 152 Å². The molecule has 12 rings (SSSR count). The second-order valence-corrected chi connectivity index (χ2v) is 38.0. The molecule has 17 nitrogen and oxygen atoms in total. The Morgan fingerprint density at radius 2 is 0.827 bits per heavy atom. The van der Waals surface area contributed by atoms with Crippen LogP contribution in [0.4, 0.5) is 17.5 Å². The number of carbonyl (C=O) groups excluding carboxylic acids is 2. The first-order chi connectivity index (χ1) is 46.4. The van der Waals surface area contributed by atoms with E-state index in [1.54, 1.807) is 27.4 Å². The van der Waals surface area contributed by atoms with E-state index < -0.39 is 14.3 Å². The van der Waals surface area contributed by atoms with E-state index in [0.29, 0.717) is 46.8 Å². The maximum absolute atomic E-state index is 11.2. The molecule has 20 heteroatoms. The average Bonchev–Trinajstić information content (AvgIpc) is 0.783. The molecule has 0 spiro atoms. The lowest BCUT2D eigenvalue weighted by atomic mass is 9.99. The number of aryl methyl sites for hydroxylation is 11. The van der Waals surface area contributed by atoms with Crippen molar-refractivity contribution in [2.75, 3.05) is 44.7 Å². The highest BCUT2D eigenvalue weighted by molar-refractivity contribution is 9.26. The summed E-state index contributed by atoms with van der Waals surface area (Å²) in [7, 11) is 0.985. The van der Waals surface area contributed by atoms with Gasteiger partial charge < -0.3 is 46.0 Å². The number of fused-ring (bicyclic) bond motifs is 9. The number of nitrogens with two attached hydrogens (primary N) is 3. The van der Waals surface area contributed by atoms with Gasteiger partial charge in [0, 0.05) is 57.3 Å². The molecule has 98 heavy (non-hydrogen) atoms. The summed E-state index contributed by atoms with van der Waals surface area (Å²) in [5.41, 5.74) is 36.7. The number of hydrogen-bond acceptors (Lipinski definition) is 15. The summed E-state index contributed by atoms with van der Waals surface area (Å²) in [6.07, 6.45) is 17.1. The van der Waals surface area contributed by atoms with E-state index in [1.165, 1.54) is 39.5 Å². The van der Waals surface area contributed by atoms with Crippen LogP contribution in [0.3, 0.4) is 0 Å². The number of halogens is 1. The number of nitrogens with zero attached hydrogens (tertiary/aromatic N) is 6. The van der Waals surface area contributed by atoms with Gasteiger partial charge in [-0.2, -0.15) is 0 Å². The number of aldehydes is 2. The predicted molar refractivity (Wildman–Crippen MR) is 409 cm³/mol. The molecule has 0 amide bonds. The Hall–Kier alpha value is -9.49. The number of nitrogen functional groups attached to an aromatic ring is 3. The van der Waals surface area contributed by atoms with E-state index >= 15 is 0 Å². The van der Waals surface area contributed by atoms with E-state index in [4.69, 9.17) is 41.2 Å². The minimum atomic E-state index is -4.05. The fraction of sp³-hybridized carbons (Fsp3) is 0.256. The van der Waals surface area contributed by atoms with E-state index in [2.05, 4.69) is 146 Å². The number of methoxy groups -OCH3 is 3. The summed E-state index contributed by atoms with van der Waals surface area (Å²) < 4.78 is 27.1. The smallest absolute Gasteiger partial charge is 0.325 e. The van der Waals surface area contributed by atoms with Gasteiger partial charge >= 0.3 is 7.60 Å². The first-order valence-electron chi connectivity index (χ1n) is 32.0. The zero-order valence-corrected chi connectivity index (χ0v) is 59.8. The van der Waals surface area contributed by atoms with Gasteiger partial charge in [0.2, 0.25) is 0 Å². The van der Waals surface area contributed by atoms with Crippen LogP contribution in [0.5, 0.6) is 17.2 Å². The third kappa shape index (κ3) is 19.8. The highest BCUT2D eigenvalue weighted by Crippen LogP contribution is 2.37. The van der Waals surface area contributed by atoms with Gasteiger partial charge in [-0.05, 0) is 218 Å². The van der Waals surface area contributed by atoms with Crippen LogP contribution in [0, 0.1) is 20.8 Å². The Kier molecular flexibility index (Phi) is 25.5. The quantitative estimate of drug-likeness (QED) is 0.0118. The van der Waals surface area contributed by atoms with Gasteiger partial charge in [0.1, 0.15) is 53.1 Å². The lowest BCUT2D eigenvalue weighted by molar-refractivity contribution is -0.107. The van der Waals surface area contributed by atoms with Crippen LogP contribution in [-0.4, -0.2) is 86.4 Å². The van der Waals surface area contributed by atoms with Crippen molar-refractivity contribution in [1.82, 2.24) is 29.9 Å². The molecule has 0 atom stereocenters. The molecule has 0 saturated carbocycles. The molecular weight excluding hydrogens is 1330 g/mol. The Morgan fingerprint density at radius 1 is 0.469 bits per heavy atom. The summed E-state index contributed by atoms with van der Waals surface area (Å²) in [5.74, 6) is 3.80. The van der Waals surface area contributed by atoms with Crippen molar-refractivity contribution in [3.63, 3.8) is 0 Å². The largest absolute Gasteiger partial charge is 0.497 e. The van der Waals surface area contributed by atoms with Crippen LogP contribution in [0.1, 0.15) is 80.6 Å². The molecular formula is C78H87BrN9O8PSi. The number of anilines is 3. The normalized spacial score (nSPS) is 11.4. The van der Waals surface area contributed by atoms with Gasteiger partial charge in [0.25, 0.3) is 0 Å². The van der Waals surface area contributed by atoms with Gasteiger partial charge in [-0.25, -0.2) is 15.0 Å². The van der Waals surface area contributed by atoms with Crippen LogP contribution >= 0.6 is 22.9 Å². The van der Waals surface area contributed by atoms with Crippen molar-refractivity contribution in [1.29, 1.82) is 0 Å². The number of carbonyl (C=O) groups is 2. The highest BCUT2D eigenvalue weighted by atomic mass is 79.9. The maximum atomic E-state index is 11.2. The lowest BCUT2D eigenvalue weighted by Gasteiger charge is -2.11. The number of hydrogen-bond donors (Lipinski definition) is 5. The number of rotatable bonds is 20. The molecule has 0 fully saturated rings. The van der Waals surface area contributed by atoms with Crippen LogP contribution in [-0.2, 0) is 65.5 Å². The molecule has 6 aromatic heterocycles. The molecule has 6 aromatic carbocycles. The van der Waals surface area contributed by atoms with Gasteiger partial charge in [-0.1, -0.05) is 87.7 Å². The van der Waals surface area contributed by atoms with E-state index in [-0.39, 0.29) is 20.0 Å². The van der Waals surface area contributed by atoms with Gasteiger partial charge in [0.05, 0.1) is 44.0 Å². The topological polar surface area (TPSA) is 275 Å². The van der Waals surface area contributed by atoms with E-state index in [0.717, 1.165) is 151 Å². The van der Waals surface area contributed by atoms with Crippen molar-refractivity contribution in [3.8, 4) is 17.2 Å². The Balaban J connectivity index is 0.000000180. The third-order valence-electron chi connectivity index (χ3n) is 16.6. The standard InChI is InChI=1S/C25H25N3O2.C25H23N3O2.C24H26N3O4P.C3H9BrSi.CH4/c2*1-16-12-20(30-2)9-8-19(16)7-5-18-13-22-21-10-6-17(4-3-11-29)14-23(21)28-25(26)24(22)27-15-18;1-15-11-19(31-2)7-6-18(15)5-3-17-12-21-20-8-4-16(9-10-32(28,29)30)13-22(20)27-24(25)23(21)26-14-17;1-5(2,3)4;/h6,8-15H,3-5,7H2,1-2H3,(H2,26,28);3-4,6,8-15H,5,7H2,1-2H3,(H2,26,28);4,6-8,11-14H,3,5,9-10H2,1-2H3,(H2,25,27)(H2,28,29,30);1-3H3;1H4/b;4-3+;;;. The maximum Gasteiger partial charge on any atom is 0.325 e. The monoisotopic (exact) mass is 1420 g/mol. The third-order valence-corrected chi connectivity index (χ3v) is 17.4. The SMILES string of the molecule is C.COc1ccc(CCc2cnc3c(N)nc4cc(/C=C/C=O)ccc4c3c2)c(C)c1.COc1ccc(CCc2cnc3c(N)nc4cc(CCC=O)ccc4c3c2)c(C)c1.COc1ccc(CCc2cnc3c(N)nc4cc(CCP(=O)(O)O)ccc4c3c2)c(C)c1.C[Si](C)(C)Br. The molecule has 0 saturated heterocycles. The molecule has 0 aliphatic heterocycles. The second-order valence-electron chi connectivity index (χ2n) is 25.0. The Bertz CT molecular complexity index is 4940. The molecule has 0 radical (unpaired) electrons. The number of aromatic nitrogens is 6. The predicted octanol–water partition coefficient (Wildman–Crippen LogP) is 16.3. The fourth-order valence-corrected chi connectivity index (χ4v) is 12.1. The van der Waals surface area contributed by atoms with Crippen molar-refractivity contribution < 1.29 is 38.2 Å². The van der Waals surface area contributed by atoms with Gasteiger partial charge in [-0.15, -0.1) is 15.3 Å². The summed E-state index contributed by atoms with van der Waals surface area (Å²) in [6.45, 7) is 12.2. The van der Waals surface area contributed by atoms with Gasteiger partial charge in [-0.3, -0.25) is 24.3 Å². The average molecular weight is 1420 g/mol. The summed E-state index contributed by atoms with van der Waals surface area (Å²) >= 11 is 3.51. The minimum Gasteiger partial charge on any atom is -0.497 e. The first kappa shape index (κ1) is 74.3. The number of allylic oxidation sites excluding steroid dienone is 1. The number of ether oxygens (including phenoxy) is 3. The zero-order valence-electron chi connectivity index (χ0n) is 56.3. The summed E-state index contributed by atoms with van der Waals surface area (Å²) in [6, 6.07) is 42.6. The summed E-state index contributed by atoms with van der Waals surface area (Å²) in [4.78, 5) is 66.8. The zero-order chi connectivity index (χ0) is 69.6. The van der Waals surface area contributed by atoms with Crippen LogP contribution in [0.25, 0.3) is 71.5 Å². The van der Waals surface area contributed by atoms with Crippen molar-refractivity contribution in [2.45, 2.75) is 106 Å². The number of benzene rings is 6. The van der Waals surface area contributed by atoms with Crippen molar-refractivity contribution >= 4 is 131 Å². The van der Waals surface area contributed by atoms with Crippen LogP contribution < -0.4 is 31.4 Å². The van der Waals surface area contributed by atoms with Gasteiger partial charge in [0.15, 0.2) is 17.5 Å². The second kappa shape index (κ2) is 33.6. The Morgan fingerprint density at radius 3 is 1.16 bits per heavy atom. The van der Waals surface area contributed by atoms with E-state index in [9.17, 15) is 14.2 Å². The van der Waals surface area contributed by atoms with Crippen molar-refractivity contribution in [2.24, 2.45) is 0 Å². The fourth-order valence-electron chi connectivity index (χ4n) is 11.5. The molecule has 0 aliphatic rings. The molecule has 508 valence electrons.